The monoisotopic (exact) mass is 521 g/mol. The number of fused-ring (bicyclic) bond motifs is 1. The number of nitro groups is 1. The van der Waals surface area contributed by atoms with Gasteiger partial charge in [-0.25, -0.2) is 18.4 Å². The molecule has 3 rings (SSSR count). The van der Waals surface area contributed by atoms with Gasteiger partial charge in [0.15, 0.2) is 0 Å². The van der Waals surface area contributed by atoms with Gasteiger partial charge in [-0.3, -0.25) is 20.2 Å². The number of nitro benzene ring substituents is 1. The molecule has 0 aliphatic rings. The first-order valence-electron chi connectivity index (χ1n) is 10.9. The highest BCUT2D eigenvalue weighted by Crippen LogP contribution is 2.34. The number of aromatic nitrogens is 1. The molecule has 0 fully saturated rings. The van der Waals surface area contributed by atoms with Gasteiger partial charge < -0.3 is 14.0 Å². The molecule has 0 bridgehead atoms. The summed E-state index contributed by atoms with van der Waals surface area (Å²) in [4.78, 5) is 48.4. The van der Waals surface area contributed by atoms with E-state index in [0.29, 0.717) is 10.6 Å². The molecule has 0 radical (unpaired) electrons. The molecule has 2 aromatic carbocycles. The van der Waals surface area contributed by atoms with Crippen molar-refractivity contribution in [2.75, 3.05) is 11.9 Å². The molecule has 3 aromatic rings. The summed E-state index contributed by atoms with van der Waals surface area (Å²) in [7, 11) is 0. The number of rotatable bonds is 5. The molecule has 0 unspecified atom stereocenters. The molecule has 13 heteroatoms. The fourth-order valence-electron chi connectivity index (χ4n) is 3.52. The molecule has 0 saturated carbocycles. The first-order valence-corrected chi connectivity index (χ1v) is 10.9. The largest absolute Gasteiger partial charge is 0.462 e. The molecule has 1 aromatic heterocycles. The minimum Gasteiger partial charge on any atom is -0.462 e. The van der Waals surface area contributed by atoms with E-state index >= 15 is 4.39 Å². The molecule has 37 heavy (non-hydrogen) atoms. The van der Waals surface area contributed by atoms with Gasteiger partial charge in [0.25, 0.3) is 0 Å². The number of carbonyl (C=O) groups excluding carboxylic acids is 2. The van der Waals surface area contributed by atoms with Crippen molar-refractivity contribution in [1.82, 2.24) is 4.57 Å². The average molecular weight is 521 g/mol. The Morgan fingerprint density at radius 2 is 1.78 bits per heavy atom. The molecule has 0 saturated heterocycles. The van der Waals surface area contributed by atoms with Crippen molar-refractivity contribution in [3.63, 3.8) is 0 Å². The van der Waals surface area contributed by atoms with Gasteiger partial charge in [-0.15, -0.1) is 0 Å². The van der Waals surface area contributed by atoms with Gasteiger partial charge in [0, 0.05) is 12.3 Å². The van der Waals surface area contributed by atoms with E-state index in [9.17, 15) is 33.3 Å². The Hall–Kier alpha value is -4.42. The van der Waals surface area contributed by atoms with Crippen molar-refractivity contribution >= 4 is 34.3 Å². The highest BCUT2D eigenvalue weighted by Gasteiger charge is 2.29. The molecule has 0 aliphatic carbocycles. The fraction of sp³-hybridized carbons (Fsp3) is 0.292. The Bertz CT molecular complexity index is 1510. The van der Waals surface area contributed by atoms with E-state index in [1.807, 2.05) is 0 Å². The quantitative estimate of drug-likeness (QED) is 0.279. The van der Waals surface area contributed by atoms with Gasteiger partial charge in [0.1, 0.15) is 28.3 Å². The number of carbonyl (C=O) groups is 2. The van der Waals surface area contributed by atoms with Gasteiger partial charge in [-0.2, -0.15) is 4.39 Å². The summed E-state index contributed by atoms with van der Waals surface area (Å²) in [5, 5.41) is 13.4. The van der Waals surface area contributed by atoms with E-state index in [4.69, 9.17) is 9.47 Å². The average Bonchev–Trinajstić information content (AvgIpc) is 2.76. The van der Waals surface area contributed by atoms with Gasteiger partial charge in [-0.1, -0.05) is 0 Å². The third-order valence-corrected chi connectivity index (χ3v) is 4.99. The van der Waals surface area contributed by atoms with Crippen molar-refractivity contribution < 1.29 is 37.2 Å². The third kappa shape index (κ3) is 5.39. The number of nitrogens with zero attached hydrogens (tertiary/aromatic N) is 2. The predicted octanol–water partition coefficient (Wildman–Crippen LogP) is 5.15. The molecule has 0 aliphatic heterocycles. The van der Waals surface area contributed by atoms with Crippen LogP contribution in [0.3, 0.4) is 0 Å². The van der Waals surface area contributed by atoms with Crippen LogP contribution in [0.4, 0.5) is 29.3 Å². The van der Waals surface area contributed by atoms with Crippen molar-refractivity contribution in [1.29, 1.82) is 0 Å². The lowest BCUT2D eigenvalue weighted by Gasteiger charge is -2.20. The van der Waals surface area contributed by atoms with Gasteiger partial charge in [-0.05, 0) is 52.3 Å². The smallest absolute Gasteiger partial charge is 0.412 e. The van der Waals surface area contributed by atoms with Crippen molar-refractivity contribution in [2.45, 2.75) is 40.2 Å². The maximum Gasteiger partial charge on any atom is 0.412 e. The summed E-state index contributed by atoms with van der Waals surface area (Å²) in [5.41, 5.74) is -6.00. The number of hydrogen-bond donors (Lipinski definition) is 1. The molecule has 1 N–H and O–H groups in total. The second kappa shape index (κ2) is 9.91. The van der Waals surface area contributed by atoms with Crippen LogP contribution in [0.5, 0.6) is 0 Å². The lowest BCUT2D eigenvalue weighted by Crippen LogP contribution is -2.27. The normalized spacial score (nSPS) is 11.4. The summed E-state index contributed by atoms with van der Waals surface area (Å²) >= 11 is 0. The zero-order valence-corrected chi connectivity index (χ0v) is 20.4. The lowest BCUT2D eigenvalue weighted by molar-refractivity contribution is -0.386. The standard InChI is InChI=1S/C24H22F3N3O7/c1-6-36-22(32)13-10-29(19-12(21(13)31)7-11(2)18(27)20(19)30(34)35)17-9-16(14(25)8-15(17)26)28-23(33)37-24(3,4)5/h7-10H,6H2,1-5H3,(H,28,33). The summed E-state index contributed by atoms with van der Waals surface area (Å²) in [6, 6.07) is 2.10. The van der Waals surface area contributed by atoms with E-state index in [1.165, 1.54) is 13.8 Å². The summed E-state index contributed by atoms with van der Waals surface area (Å²) in [5.74, 6) is -4.95. The van der Waals surface area contributed by atoms with Crippen LogP contribution in [0.1, 0.15) is 43.6 Å². The van der Waals surface area contributed by atoms with Gasteiger partial charge in [0.2, 0.25) is 11.2 Å². The lowest BCUT2D eigenvalue weighted by atomic mass is 10.1. The molecule has 10 nitrogen and oxygen atoms in total. The van der Waals surface area contributed by atoms with Crippen LogP contribution in [0.25, 0.3) is 16.6 Å². The topological polar surface area (TPSA) is 130 Å². The van der Waals surface area contributed by atoms with E-state index < -0.39 is 79.0 Å². The van der Waals surface area contributed by atoms with Crippen LogP contribution in [-0.4, -0.2) is 33.8 Å². The highest BCUT2D eigenvalue weighted by molar-refractivity contribution is 5.97. The number of nitrogens with one attached hydrogen (secondary N) is 1. The highest BCUT2D eigenvalue weighted by atomic mass is 19.1. The van der Waals surface area contributed by atoms with Crippen LogP contribution >= 0.6 is 0 Å². The van der Waals surface area contributed by atoms with Crippen LogP contribution in [0, 0.1) is 34.5 Å². The number of pyridine rings is 1. The van der Waals surface area contributed by atoms with E-state index in [2.05, 4.69) is 5.32 Å². The molecular weight excluding hydrogens is 499 g/mol. The molecular formula is C24H22F3N3O7. The molecule has 0 atom stereocenters. The minimum atomic E-state index is -1.30. The predicted molar refractivity (Wildman–Crippen MR) is 127 cm³/mol. The number of anilines is 1. The van der Waals surface area contributed by atoms with Crippen molar-refractivity contribution in [2.24, 2.45) is 0 Å². The molecule has 0 spiro atoms. The Labute approximate surface area is 207 Å². The number of benzene rings is 2. The zero-order chi connectivity index (χ0) is 27.8. The van der Waals surface area contributed by atoms with Crippen molar-refractivity contribution in [3.8, 4) is 5.69 Å². The zero-order valence-electron chi connectivity index (χ0n) is 20.4. The molecule has 1 amide bonds. The summed E-state index contributed by atoms with van der Waals surface area (Å²) in [6.07, 6.45) is -0.355. The molecule has 1 heterocycles. The second-order valence-corrected chi connectivity index (χ2v) is 8.88. The van der Waals surface area contributed by atoms with Crippen LogP contribution in [-0.2, 0) is 9.47 Å². The Kier molecular flexibility index (Phi) is 7.28. The van der Waals surface area contributed by atoms with Gasteiger partial charge >= 0.3 is 17.7 Å². The number of halogens is 3. The number of esters is 1. The van der Waals surface area contributed by atoms with Crippen molar-refractivity contribution in [3.05, 3.63) is 73.3 Å². The molecule has 196 valence electrons. The van der Waals surface area contributed by atoms with Crippen LogP contribution in [0.2, 0.25) is 0 Å². The minimum absolute atomic E-state index is 0.131. The van der Waals surface area contributed by atoms with E-state index in [1.54, 1.807) is 20.8 Å². The third-order valence-electron chi connectivity index (χ3n) is 4.99. The number of aryl methyl sites for hydroxylation is 1. The Balaban J connectivity index is 2.42. The maximum absolute atomic E-state index is 15.1. The number of ether oxygens (including phenoxy) is 2. The Morgan fingerprint density at radius 1 is 1.14 bits per heavy atom. The number of hydrogen-bond acceptors (Lipinski definition) is 7. The Morgan fingerprint density at radius 3 is 2.35 bits per heavy atom. The maximum atomic E-state index is 15.1. The second-order valence-electron chi connectivity index (χ2n) is 8.88. The SMILES string of the molecule is CCOC(=O)c1cn(-c2cc(NC(=O)OC(C)(C)C)c(F)cc2F)c2c([N+](=O)[O-])c(F)c(C)cc2c1=O. The number of amides is 1. The first-order chi connectivity index (χ1) is 17.2. The van der Waals surface area contributed by atoms with Crippen LogP contribution < -0.4 is 10.7 Å². The fourth-order valence-corrected chi connectivity index (χ4v) is 3.52. The van der Waals surface area contributed by atoms with E-state index in [0.717, 1.165) is 18.3 Å². The van der Waals surface area contributed by atoms with E-state index in [-0.39, 0.29) is 12.2 Å². The van der Waals surface area contributed by atoms with Gasteiger partial charge in [0.05, 0.1) is 28.3 Å². The summed E-state index contributed by atoms with van der Waals surface area (Å²) in [6.45, 7) is 7.17. The summed E-state index contributed by atoms with van der Waals surface area (Å²) < 4.78 is 55.1. The first kappa shape index (κ1) is 27.2. The van der Waals surface area contributed by atoms with Crippen LogP contribution in [0.15, 0.2) is 29.2 Å².